The molecule has 0 radical (unpaired) electrons. The van der Waals surface area contributed by atoms with Crippen molar-refractivity contribution >= 4 is 23.1 Å². The third-order valence-corrected chi connectivity index (χ3v) is 6.75. The number of aliphatic hydroxyl groups excluding tert-OH is 1. The van der Waals surface area contributed by atoms with Crippen molar-refractivity contribution in [2.24, 2.45) is 0 Å². The van der Waals surface area contributed by atoms with Gasteiger partial charge in [-0.25, -0.2) is 0 Å². The Kier molecular flexibility index (Phi) is 9.84. The minimum Gasteiger partial charge on any atom is -0.507 e. The quantitative estimate of drug-likeness (QED) is 0.0965. The predicted octanol–water partition coefficient (Wildman–Crippen LogP) is 4.63. The molecule has 1 heterocycles. The molecule has 2 aromatic rings. The normalized spacial score (nSPS) is 16.8. The number of ketones is 1. The highest BCUT2D eigenvalue weighted by atomic mass is 16.6. The number of aliphatic hydroxyl groups is 1. The maximum atomic E-state index is 13.2. The summed E-state index contributed by atoms with van der Waals surface area (Å²) in [6.45, 7) is 8.76. The number of likely N-dealkylation sites (tertiary alicyclic amines) is 1. The van der Waals surface area contributed by atoms with Crippen LogP contribution in [0.2, 0.25) is 0 Å². The Morgan fingerprint density at radius 1 is 1.08 bits per heavy atom. The molecule has 10 nitrogen and oxygen atoms in total. The van der Waals surface area contributed by atoms with E-state index in [0.29, 0.717) is 24.5 Å². The van der Waals surface area contributed by atoms with Crippen LogP contribution >= 0.6 is 0 Å². The Bertz CT molecular complexity index is 1190. The molecule has 1 aliphatic rings. The number of carbonyl (C=O) groups is 2. The summed E-state index contributed by atoms with van der Waals surface area (Å²) in [6.07, 6.45) is 3.06. The number of nitro benzene ring substituents is 1. The molecule has 1 atom stereocenters. The number of benzene rings is 2. The number of hydrogen-bond acceptors (Lipinski definition) is 8. The van der Waals surface area contributed by atoms with Gasteiger partial charge in [0, 0.05) is 24.7 Å². The van der Waals surface area contributed by atoms with Gasteiger partial charge in [0.25, 0.3) is 11.7 Å². The lowest BCUT2D eigenvalue weighted by Crippen LogP contribution is -2.38. The van der Waals surface area contributed by atoms with Crippen molar-refractivity contribution in [3.8, 4) is 11.5 Å². The number of hydrogen-bond donors (Lipinski definition) is 2. The van der Waals surface area contributed by atoms with Gasteiger partial charge >= 0.3 is 5.69 Å². The lowest BCUT2D eigenvalue weighted by Gasteiger charge is -2.28. The van der Waals surface area contributed by atoms with Crippen molar-refractivity contribution in [3.05, 3.63) is 69.3 Å². The van der Waals surface area contributed by atoms with E-state index in [1.807, 2.05) is 13.8 Å². The number of aromatic hydroxyl groups is 1. The number of nitrogens with zero attached hydrogens (tertiary/aromatic N) is 3. The predicted molar refractivity (Wildman–Crippen MR) is 143 cm³/mol. The van der Waals surface area contributed by atoms with E-state index in [4.69, 9.17) is 4.74 Å². The summed E-state index contributed by atoms with van der Waals surface area (Å²) >= 11 is 0. The van der Waals surface area contributed by atoms with Crippen molar-refractivity contribution in [3.63, 3.8) is 0 Å². The van der Waals surface area contributed by atoms with Crippen molar-refractivity contribution in [2.75, 3.05) is 32.8 Å². The van der Waals surface area contributed by atoms with Crippen molar-refractivity contribution < 1.29 is 29.5 Å². The van der Waals surface area contributed by atoms with Crippen LogP contribution in [0.1, 0.15) is 57.2 Å². The highest BCUT2D eigenvalue weighted by Gasteiger charge is 2.46. The van der Waals surface area contributed by atoms with E-state index in [1.54, 1.807) is 24.3 Å². The minimum absolute atomic E-state index is 0.161. The molecule has 1 aliphatic heterocycles. The Labute approximate surface area is 222 Å². The molecule has 1 amide bonds. The first-order valence-corrected chi connectivity index (χ1v) is 12.9. The van der Waals surface area contributed by atoms with Crippen LogP contribution in [-0.2, 0) is 9.59 Å². The first kappa shape index (κ1) is 28.6. The molecule has 0 aliphatic carbocycles. The fraction of sp³-hybridized carbons (Fsp3) is 0.429. The largest absolute Gasteiger partial charge is 0.507 e. The Morgan fingerprint density at radius 3 is 2.37 bits per heavy atom. The number of Topliss-reactive ketones (excluding diaryl/α,β-unsaturated/α-hetero) is 1. The summed E-state index contributed by atoms with van der Waals surface area (Å²) in [5.41, 5.74) is -0.163. The topological polar surface area (TPSA) is 133 Å². The van der Waals surface area contributed by atoms with Gasteiger partial charge in [0.05, 0.1) is 23.1 Å². The van der Waals surface area contributed by atoms with Crippen LogP contribution < -0.4 is 4.74 Å². The molecule has 10 heteroatoms. The number of phenols is 1. The molecule has 0 saturated carbocycles. The van der Waals surface area contributed by atoms with Gasteiger partial charge in [0.1, 0.15) is 11.5 Å². The van der Waals surface area contributed by atoms with Gasteiger partial charge in [0.2, 0.25) is 0 Å². The van der Waals surface area contributed by atoms with Crippen LogP contribution in [0.5, 0.6) is 11.5 Å². The summed E-state index contributed by atoms with van der Waals surface area (Å²) in [7, 11) is 0. The van der Waals surface area contributed by atoms with Crippen LogP contribution in [0.4, 0.5) is 5.69 Å². The van der Waals surface area contributed by atoms with Gasteiger partial charge in [-0.05, 0) is 55.4 Å². The summed E-state index contributed by atoms with van der Waals surface area (Å²) in [4.78, 5) is 40.5. The minimum atomic E-state index is -1.06. The van der Waals surface area contributed by atoms with Gasteiger partial charge in [0.15, 0.2) is 5.75 Å². The van der Waals surface area contributed by atoms with E-state index < -0.39 is 34.1 Å². The van der Waals surface area contributed by atoms with E-state index in [0.717, 1.165) is 44.5 Å². The van der Waals surface area contributed by atoms with E-state index in [9.17, 15) is 29.9 Å². The maximum Gasteiger partial charge on any atom is 0.311 e. The van der Waals surface area contributed by atoms with Crippen LogP contribution in [0.25, 0.3) is 5.76 Å². The SMILES string of the molecule is CCCCCOc1ccc(/C(O)=C2/C(=O)C(=O)N(CCN(CC)CC)C2c2ccc(O)c([N+](=O)[O-])c2)cc1. The first-order chi connectivity index (χ1) is 18.2. The fourth-order valence-corrected chi connectivity index (χ4v) is 4.51. The maximum absolute atomic E-state index is 13.2. The molecule has 0 aromatic heterocycles. The Morgan fingerprint density at radius 2 is 1.76 bits per heavy atom. The van der Waals surface area contributed by atoms with Gasteiger partial charge < -0.3 is 24.7 Å². The third-order valence-electron chi connectivity index (χ3n) is 6.75. The second-order valence-corrected chi connectivity index (χ2v) is 9.10. The number of nitro groups is 1. The molecule has 1 saturated heterocycles. The highest BCUT2D eigenvalue weighted by molar-refractivity contribution is 6.46. The lowest BCUT2D eigenvalue weighted by molar-refractivity contribution is -0.385. The van der Waals surface area contributed by atoms with Gasteiger partial charge in [-0.3, -0.25) is 19.7 Å². The van der Waals surface area contributed by atoms with Crippen LogP contribution in [-0.4, -0.2) is 69.4 Å². The molecule has 204 valence electrons. The van der Waals surface area contributed by atoms with Crippen LogP contribution in [0.3, 0.4) is 0 Å². The van der Waals surface area contributed by atoms with E-state index in [1.165, 1.54) is 11.0 Å². The number of likely N-dealkylation sites (N-methyl/N-ethyl adjacent to an activating group) is 1. The van der Waals surface area contributed by atoms with Gasteiger partial charge in [-0.15, -0.1) is 0 Å². The van der Waals surface area contributed by atoms with E-state index in [2.05, 4.69) is 11.8 Å². The summed E-state index contributed by atoms with van der Waals surface area (Å²) in [6, 6.07) is 9.21. The number of unbranched alkanes of at least 4 members (excludes halogenated alkanes) is 2. The summed E-state index contributed by atoms with van der Waals surface area (Å²) < 4.78 is 5.72. The van der Waals surface area contributed by atoms with Gasteiger partial charge in [-0.1, -0.05) is 39.7 Å². The van der Waals surface area contributed by atoms with Crippen LogP contribution in [0, 0.1) is 10.1 Å². The second kappa shape index (κ2) is 13.0. The zero-order chi connectivity index (χ0) is 27.8. The van der Waals surface area contributed by atoms with Gasteiger partial charge in [-0.2, -0.15) is 0 Å². The molecule has 1 fully saturated rings. The molecule has 3 rings (SSSR count). The molecule has 38 heavy (non-hydrogen) atoms. The number of ether oxygens (including phenoxy) is 1. The molecule has 2 aromatic carbocycles. The number of phenolic OH excluding ortho intramolecular Hbond substituents is 1. The number of rotatable bonds is 13. The zero-order valence-corrected chi connectivity index (χ0v) is 22.1. The first-order valence-electron chi connectivity index (χ1n) is 12.9. The molecule has 1 unspecified atom stereocenters. The number of amides is 1. The molecular weight excluding hydrogens is 490 g/mol. The summed E-state index contributed by atoms with van der Waals surface area (Å²) in [5, 5.41) is 32.7. The average molecular weight is 526 g/mol. The zero-order valence-electron chi connectivity index (χ0n) is 22.1. The molecule has 2 N–H and O–H groups in total. The highest BCUT2D eigenvalue weighted by Crippen LogP contribution is 2.41. The van der Waals surface area contributed by atoms with Crippen molar-refractivity contribution in [2.45, 2.75) is 46.1 Å². The fourth-order valence-electron chi connectivity index (χ4n) is 4.51. The number of carbonyl (C=O) groups excluding carboxylic acids is 2. The third kappa shape index (κ3) is 6.31. The molecule has 0 spiro atoms. The van der Waals surface area contributed by atoms with Crippen molar-refractivity contribution in [1.82, 2.24) is 9.80 Å². The Hall–Kier alpha value is -3.92. The van der Waals surface area contributed by atoms with Crippen LogP contribution in [0.15, 0.2) is 48.0 Å². The monoisotopic (exact) mass is 525 g/mol. The standard InChI is InChI=1S/C28H35N3O7/c1-4-7-8-17-38-21-12-9-19(10-13-21)26(33)24-25(20-11-14-23(32)22(18-20)31(36)37)30(28(35)27(24)34)16-15-29(5-2)6-3/h9-14,18,25,32-33H,4-8,15-17H2,1-3H3/b26-24-. The Balaban J connectivity index is 2.04. The molecular formula is C28H35N3O7. The van der Waals surface area contributed by atoms with E-state index in [-0.39, 0.29) is 23.4 Å². The average Bonchev–Trinajstić information content (AvgIpc) is 3.17. The van der Waals surface area contributed by atoms with Crippen molar-refractivity contribution in [1.29, 1.82) is 0 Å². The lowest BCUT2D eigenvalue weighted by atomic mass is 9.94. The second-order valence-electron chi connectivity index (χ2n) is 9.10. The summed E-state index contributed by atoms with van der Waals surface area (Å²) in [5.74, 6) is -1.97. The smallest absolute Gasteiger partial charge is 0.311 e. The van der Waals surface area contributed by atoms with E-state index >= 15 is 0 Å². The molecule has 0 bridgehead atoms.